The average Bonchev–Trinajstić information content (AvgIpc) is 2.75. The SMILES string of the molecule is Cc1ccc(COc2ccc(/C=N\NC(=O)C(=O)Nc3ccccc3)cc2)cc1. The van der Waals surface area contributed by atoms with Crippen molar-refractivity contribution in [2.45, 2.75) is 13.5 Å². The standard InChI is InChI=1S/C23H21N3O3/c1-17-7-9-19(10-8-17)16-29-21-13-11-18(12-14-21)15-24-26-23(28)22(27)25-20-5-3-2-4-6-20/h2-15H,16H2,1H3,(H,25,27)(H,26,28)/b24-15-. The van der Waals surface area contributed by atoms with Crippen LogP contribution in [-0.4, -0.2) is 18.0 Å². The monoisotopic (exact) mass is 387 g/mol. The van der Waals surface area contributed by atoms with Gasteiger partial charge in [0.15, 0.2) is 0 Å². The Labute approximate surface area is 169 Å². The Kier molecular flexibility index (Phi) is 6.73. The number of benzene rings is 3. The fourth-order valence-corrected chi connectivity index (χ4v) is 2.43. The first-order valence-electron chi connectivity index (χ1n) is 9.08. The number of ether oxygens (including phenoxy) is 1. The second kappa shape index (κ2) is 9.85. The summed E-state index contributed by atoms with van der Waals surface area (Å²) >= 11 is 0. The summed E-state index contributed by atoms with van der Waals surface area (Å²) in [6.07, 6.45) is 1.46. The number of nitrogens with zero attached hydrogens (tertiary/aromatic N) is 1. The number of aryl methyl sites for hydroxylation is 1. The molecule has 0 saturated carbocycles. The number of anilines is 1. The lowest BCUT2D eigenvalue weighted by molar-refractivity contribution is -0.136. The van der Waals surface area contributed by atoms with E-state index in [4.69, 9.17) is 4.74 Å². The van der Waals surface area contributed by atoms with Gasteiger partial charge in [-0.05, 0) is 54.4 Å². The molecule has 0 radical (unpaired) electrons. The highest BCUT2D eigenvalue weighted by molar-refractivity contribution is 6.39. The molecule has 146 valence electrons. The number of hydrogen-bond donors (Lipinski definition) is 2. The van der Waals surface area contributed by atoms with E-state index in [2.05, 4.69) is 15.8 Å². The minimum absolute atomic E-state index is 0.486. The van der Waals surface area contributed by atoms with Gasteiger partial charge in [-0.2, -0.15) is 5.10 Å². The highest BCUT2D eigenvalue weighted by Crippen LogP contribution is 2.14. The Morgan fingerprint density at radius 1 is 0.897 bits per heavy atom. The molecule has 0 saturated heterocycles. The molecule has 6 nitrogen and oxygen atoms in total. The Morgan fingerprint density at radius 3 is 2.28 bits per heavy atom. The molecule has 2 N–H and O–H groups in total. The van der Waals surface area contributed by atoms with E-state index >= 15 is 0 Å². The van der Waals surface area contributed by atoms with E-state index in [1.165, 1.54) is 11.8 Å². The number of amides is 2. The van der Waals surface area contributed by atoms with Crippen molar-refractivity contribution >= 4 is 23.7 Å². The summed E-state index contributed by atoms with van der Waals surface area (Å²) in [6.45, 7) is 2.53. The minimum atomic E-state index is -0.844. The molecule has 0 fully saturated rings. The van der Waals surface area contributed by atoms with Crippen molar-refractivity contribution in [3.63, 3.8) is 0 Å². The molecule has 0 aromatic heterocycles. The van der Waals surface area contributed by atoms with Gasteiger partial charge in [0.25, 0.3) is 0 Å². The largest absolute Gasteiger partial charge is 0.489 e. The molecule has 0 unspecified atom stereocenters. The second-order valence-corrected chi connectivity index (χ2v) is 6.36. The number of rotatable bonds is 6. The van der Waals surface area contributed by atoms with Crippen LogP contribution in [0.15, 0.2) is 84.0 Å². The van der Waals surface area contributed by atoms with Gasteiger partial charge in [0.2, 0.25) is 0 Å². The summed E-state index contributed by atoms with van der Waals surface area (Å²) in [4.78, 5) is 23.6. The van der Waals surface area contributed by atoms with E-state index in [1.807, 2.05) is 61.5 Å². The number of para-hydroxylation sites is 1. The number of carbonyl (C=O) groups excluding carboxylic acids is 2. The lowest BCUT2D eigenvalue weighted by Crippen LogP contribution is -2.32. The van der Waals surface area contributed by atoms with Gasteiger partial charge in [0.05, 0.1) is 6.21 Å². The van der Waals surface area contributed by atoms with Crippen LogP contribution >= 0.6 is 0 Å². The third kappa shape index (κ3) is 6.32. The molecule has 0 aliphatic rings. The highest BCUT2D eigenvalue weighted by atomic mass is 16.5. The van der Waals surface area contributed by atoms with E-state index in [0.717, 1.165) is 16.9 Å². The van der Waals surface area contributed by atoms with Gasteiger partial charge in [-0.25, -0.2) is 5.43 Å². The van der Waals surface area contributed by atoms with E-state index in [1.54, 1.807) is 24.3 Å². The molecule has 0 heterocycles. The van der Waals surface area contributed by atoms with Gasteiger partial charge < -0.3 is 10.1 Å². The van der Waals surface area contributed by atoms with Crippen LogP contribution in [0.25, 0.3) is 0 Å². The van der Waals surface area contributed by atoms with Crippen LogP contribution in [0, 0.1) is 6.92 Å². The van der Waals surface area contributed by atoms with Gasteiger partial charge in [0, 0.05) is 5.69 Å². The topological polar surface area (TPSA) is 79.8 Å². The molecular formula is C23H21N3O3. The van der Waals surface area contributed by atoms with Crippen molar-refractivity contribution < 1.29 is 14.3 Å². The quantitative estimate of drug-likeness (QED) is 0.385. The van der Waals surface area contributed by atoms with Crippen LogP contribution in [0.4, 0.5) is 5.69 Å². The van der Waals surface area contributed by atoms with Crippen LogP contribution < -0.4 is 15.5 Å². The fraction of sp³-hybridized carbons (Fsp3) is 0.0870. The van der Waals surface area contributed by atoms with Crippen molar-refractivity contribution in [2.75, 3.05) is 5.32 Å². The van der Waals surface area contributed by atoms with E-state index in [-0.39, 0.29) is 0 Å². The van der Waals surface area contributed by atoms with Crippen molar-refractivity contribution in [1.29, 1.82) is 0 Å². The Morgan fingerprint density at radius 2 is 1.59 bits per heavy atom. The molecule has 0 aliphatic carbocycles. The third-order valence-electron chi connectivity index (χ3n) is 4.02. The van der Waals surface area contributed by atoms with Crippen molar-refractivity contribution in [3.8, 4) is 5.75 Å². The molecule has 0 atom stereocenters. The van der Waals surface area contributed by atoms with Crippen LogP contribution in [0.2, 0.25) is 0 Å². The summed E-state index contributed by atoms with van der Waals surface area (Å²) in [5.41, 5.74) is 5.81. The zero-order valence-corrected chi connectivity index (χ0v) is 16.0. The van der Waals surface area contributed by atoms with Gasteiger partial charge in [-0.1, -0.05) is 48.0 Å². The van der Waals surface area contributed by atoms with E-state index in [9.17, 15) is 9.59 Å². The van der Waals surface area contributed by atoms with Crippen LogP contribution in [0.1, 0.15) is 16.7 Å². The molecule has 0 spiro atoms. The molecule has 3 rings (SSSR count). The predicted molar refractivity (Wildman–Crippen MR) is 113 cm³/mol. The molecule has 0 bridgehead atoms. The number of hydrogen-bond acceptors (Lipinski definition) is 4. The van der Waals surface area contributed by atoms with Crippen molar-refractivity contribution in [3.05, 3.63) is 95.6 Å². The molecule has 2 amide bonds. The first kappa shape index (κ1) is 19.8. The van der Waals surface area contributed by atoms with E-state index in [0.29, 0.717) is 12.3 Å². The van der Waals surface area contributed by atoms with E-state index < -0.39 is 11.8 Å². The predicted octanol–water partition coefficient (Wildman–Crippen LogP) is 3.66. The van der Waals surface area contributed by atoms with Crippen LogP contribution in [-0.2, 0) is 16.2 Å². The molecule has 3 aromatic rings. The smallest absolute Gasteiger partial charge is 0.329 e. The second-order valence-electron chi connectivity index (χ2n) is 6.36. The molecule has 29 heavy (non-hydrogen) atoms. The summed E-state index contributed by atoms with van der Waals surface area (Å²) < 4.78 is 5.75. The summed E-state index contributed by atoms with van der Waals surface area (Å²) in [5.74, 6) is -0.898. The normalized spacial score (nSPS) is 10.5. The van der Waals surface area contributed by atoms with Crippen molar-refractivity contribution in [1.82, 2.24) is 5.43 Å². The Balaban J connectivity index is 1.46. The highest BCUT2D eigenvalue weighted by Gasteiger charge is 2.12. The average molecular weight is 387 g/mol. The number of hydrazone groups is 1. The van der Waals surface area contributed by atoms with Crippen LogP contribution in [0.3, 0.4) is 0 Å². The van der Waals surface area contributed by atoms with Gasteiger partial charge in [-0.3, -0.25) is 9.59 Å². The minimum Gasteiger partial charge on any atom is -0.489 e. The maximum atomic E-state index is 11.8. The Hall–Kier alpha value is -3.93. The maximum absolute atomic E-state index is 11.8. The lowest BCUT2D eigenvalue weighted by atomic mass is 10.2. The summed E-state index contributed by atoms with van der Waals surface area (Å²) in [5, 5.41) is 6.30. The third-order valence-corrected chi connectivity index (χ3v) is 4.02. The fourth-order valence-electron chi connectivity index (χ4n) is 2.43. The zero-order chi connectivity index (χ0) is 20.5. The summed E-state index contributed by atoms with van der Waals surface area (Å²) in [6, 6.07) is 24.2. The van der Waals surface area contributed by atoms with Gasteiger partial charge in [-0.15, -0.1) is 0 Å². The van der Waals surface area contributed by atoms with Crippen molar-refractivity contribution in [2.24, 2.45) is 5.10 Å². The molecule has 3 aromatic carbocycles. The number of carbonyl (C=O) groups is 2. The zero-order valence-electron chi connectivity index (χ0n) is 16.0. The lowest BCUT2D eigenvalue weighted by Gasteiger charge is -2.07. The summed E-state index contributed by atoms with van der Waals surface area (Å²) in [7, 11) is 0. The molecule has 6 heteroatoms. The van der Waals surface area contributed by atoms with Gasteiger partial charge >= 0.3 is 11.8 Å². The first-order valence-corrected chi connectivity index (χ1v) is 9.08. The van der Waals surface area contributed by atoms with Crippen LogP contribution in [0.5, 0.6) is 5.75 Å². The Bertz CT molecular complexity index is 982. The molecular weight excluding hydrogens is 366 g/mol. The number of nitrogens with one attached hydrogen (secondary N) is 2. The van der Waals surface area contributed by atoms with Gasteiger partial charge in [0.1, 0.15) is 12.4 Å². The first-order chi connectivity index (χ1) is 14.1. The maximum Gasteiger partial charge on any atom is 0.329 e. The molecule has 0 aliphatic heterocycles.